The third-order valence-corrected chi connectivity index (χ3v) is 5.58. The van der Waals surface area contributed by atoms with E-state index in [4.69, 9.17) is 0 Å². The van der Waals surface area contributed by atoms with Crippen molar-refractivity contribution in [3.8, 4) is 0 Å². The molecule has 0 spiro atoms. The van der Waals surface area contributed by atoms with Crippen LogP contribution >= 0.6 is 11.3 Å². The molecular formula is C19H19N3O2S. The maximum atomic E-state index is 12.5. The number of benzene rings is 1. The molecule has 25 heavy (non-hydrogen) atoms. The maximum absolute atomic E-state index is 12.5. The molecule has 1 unspecified atom stereocenters. The van der Waals surface area contributed by atoms with E-state index in [1.165, 1.54) is 45.9 Å². The van der Waals surface area contributed by atoms with Gasteiger partial charge in [-0.3, -0.25) is 14.0 Å². The van der Waals surface area contributed by atoms with Crippen LogP contribution in [-0.4, -0.2) is 15.3 Å². The smallest absolute Gasteiger partial charge is 0.271 e. The molecular weight excluding hydrogens is 334 g/mol. The quantitative estimate of drug-likeness (QED) is 0.787. The molecule has 3 aromatic rings. The van der Waals surface area contributed by atoms with Crippen LogP contribution in [0, 0.1) is 0 Å². The summed E-state index contributed by atoms with van der Waals surface area (Å²) in [4.78, 5) is 29.7. The molecule has 0 saturated heterocycles. The van der Waals surface area contributed by atoms with Gasteiger partial charge in [-0.15, -0.1) is 11.3 Å². The Kier molecular flexibility index (Phi) is 4.13. The fourth-order valence-electron chi connectivity index (χ4n) is 3.36. The van der Waals surface area contributed by atoms with E-state index in [0.717, 1.165) is 18.4 Å². The summed E-state index contributed by atoms with van der Waals surface area (Å²) in [6.45, 7) is 1.94. The second-order valence-electron chi connectivity index (χ2n) is 6.46. The monoisotopic (exact) mass is 353 g/mol. The largest absolute Gasteiger partial charge is 0.345 e. The molecule has 0 fully saturated rings. The van der Waals surface area contributed by atoms with Gasteiger partial charge in [0.2, 0.25) is 0 Å². The lowest BCUT2D eigenvalue weighted by Gasteiger charge is -2.20. The molecule has 0 saturated carbocycles. The molecule has 2 aromatic heterocycles. The van der Waals surface area contributed by atoms with Crippen molar-refractivity contribution in [2.75, 3.05) is 0 Å². The molecule has 0 aliphatic heterocycles. The van der Waals surface area contributed by atoms with Crippen molar-refractivity contribution in [1.29, 1.82) is 0 Å². The summed E-state index contributed by atoms with van der Waals surface area (Å²) in [5.41, 5.74) is 3.60. The number of rotatable bonds is 3. The molecule has 6 heteroatoms. The van der Waals surface area contributed by atoms with Gasteiger partial charge in [0.25, 0.3) is 11.5 Å². The molecule has 2 heterocycles. The van der Waals surface area contributed by atoms with Crippen LogP contribution in [0.1, 0.15) is 52.9 Å². The maximum Gasteiger partial charge on any atom is 0.271 e. The molecule has 1 aliphatic rings. The van der Waals surface area contributed by atoms with Crippen LogP contribution < -0.4 is 10.9 Å². The highest BCUT2D eigenvalue weighted by molar-refractivity contribution is 7.15. The van der Waals surface area contributed by atoms with Crippen molar-refractivity contribution < 1.29 is 4.79 Å². The van der Waals surface area contributed by atoms with Gasteiger partial charge in [0.1, 0.15) is 5.56 Å². The third kappa shape index (κ3) is 2.98. The van der Waals surface area contributed by atoms with Crippen LogP contribution in [-0.2, 0) is 12.8 Å². The zero-order valence-corrected chi connectivity index (χ0v) is 14.8. The number of hydrogen-bond donors (Lipinski definition) is 1. The van der Waals surface area contributed by atoms with Crippen molar-refractivity contribution in [2.45, 2.75) is 38.6 Å². The highest BCUT2D eigenvalue weighted by atomic mass is 32.1. The lowest BCUT2D eigenvalue weighted by molar-refractivity contribution is 0.0938. The number of nitrogens with zero attached hydrogens (tertiary/aromatic N) is 2. The van der Waals surface area contributed by atoms with Crippen LogP contribution in [0.25, 0.3) is 4.96 Å². The molecule has 1 N–H and O–H groups in total. The van der Waals surface area contributed by atoms with Gasteiger partial charge in [-0.2, -0.15) is 0 Å². The Bertz CT molecular complexity index is 1010. The Morgan fingerprint density at radius 3 is 2.92 bits per heavy atom. The molecule has 0 bridgehead atoms. The van der Waals surface area contributed by atoms with Crippen molar-refractivity contribution in [2.24, 2.45) is 0 Å². The zero-order valence-electron chi connectivity index (χ0n) is 14.0. The number of aryl methyl sites for hydroxylation is 2. The lowest BCUT2D eigenvalue weighted by Crippen LogP contribution is -2.33. The fourth-order valence-corrected chi connectivity index (χ4v) is 4.04. The van der Waals surface area contributed by atoms with Gasteiger partial charge >= 0.3 is 0 Å². The second-order valence-corrected chi connectivity index (χ2v) is 7.34. The summed E-state index contributed by atoms with van der Waals surface area (Å²) >= 11 is 1.37. The normalized spacial score (nSPS) is 14.9. The third-order valence-electron chi connectivity index (χ3n) is 4.81. The summed E-state index contributed by atoms with van der Waals surface area (Å²) < 4.78 is 1.41. The Labute approximate surface area is 149 Å². The van der Waals surface area contributed by atoms with Crippen molar-refractivity contribution in [3.63, 3.8) is 0 Å². The topological polar surface area (TPSA) is 63.5 Å². The van der Waals surface area contributed by atoms with Gasteiger partial charge in [0.15, 0.2) is 4.96 Å². The first-order valence-electron chi connectivity index (χ1n) is 8.51. The number of amides is 1. The first-order chi connectivity index (χ1) is 12.1. The van der Waals surface area contributed by atoms with E-state index in [-0.39, 0.29) is 23.1 Å². The molecule has 128 valence electrons. The van der Waals surface area contributed by atoms with Gasteiger partial charge in [0, 0.05) is 17.8 Å². The van der Waals surface area contributed by atoms with E-state index in [2.05, 4.69) is 28.5 Å². The SMILES string of the molecule is CC(NC(=O)c1cnc2sccn2c1=O)c1ccc2c(c1)CCCC2. The van der Waals surface area contributed by atoms with E-state index in [1.807, 2.05) is 6.92 Å². The Balaban J connectivity index is 1.57. The van der Waals surface area contributed by atoms with Gasteiger partial charge in [-0.25, -0.2) is 4.98 Å². The van der Waals surface area contributed by atoms with Crippen LogP contribution in [0.15, 0.2) is 40.8 Å². The summed E-state index contributed by atoms with van der Waals surface area (Å²) in [6, 6.07) is 6.26. The molecule has 4 rings (SSSR count). The Hall–Kier alpha value is -2.47. The second kappa shape index (κ2) is 6.44. The number of fused-ring (bicyclic) bond motifs is 2. The number of hydrogen-bond acceptors (Lipinski definition) is 4. The zero-order chi connectivity index (χ0) is 17.4. The summed E-state index contributed by atoms with van der Waals surface area (Å²) in [6.07, 6.45) is 7.71. The number of carbonyl (C=O) groups is 1. The molecule has 1 amide bonds. The van der Waals surface area contributed by atoms with E-state index in [1.54, 1.807) is 11.6 Å². The highest BCUT2D eigenvalue weighted by Crippen LogP contribution is 2.24. The van der Waals surface area contributed by atoms with Gasteiger partial charge < -0.3 is 5.32 Å². The minimum atomic E-state index is -0.386. The number of aromatic nitrogens is 2. The van der Waals surface area contributed by atoms with E-state index in [0.29, 0.717) is 4.96 Å². The van der Waals surface area contributed by atoms with Crippen LogP contribution in [0.3, 0.4) is 0 Å². The van der Waals surface area contributed by atoms with E-state index < -0.39 is 0 Å². The summed E-state index contributed by atoms with van der Waals surface area (Å²) in [7, 11) is 0. The average molecular weight is 353 g/mol. The minimum Gasteiger partial charge on any atom is -0.345 e. The predicted molar refractivity (Wildman–Crippen MR) is 98.3 cm³/mol. The Morgan fingerprint density at radius 1 is 1.28 bits per heavy atom. The first-order valence-corrected chi connectivity index (χ1v) is 9.39. The molecule has 1 aliphatic carbocycles. The number of nitrogens with one attached hydrogen (secondary N) is 1. The van der Waals surface area contributed by atoms with Gasteiger partial charge in [0.05, 0.1) is 6.04 Å². The lowest BCUT2D eigenvalue weighted by atomic mass is 9.89. The number of thiazole rings is 1. The Morgan fingerprint density at radius 2 is 2.08 bits per heavy atom. The van der Waals surface area contributed by atoms with Crippen molar-refractivity contribution >= 4 is 22.2 Å². The molecule has 0 radical (unpaired) electrons. The molecule has 1 atom stereocenters. The highest BCUT2D eigenvalue weighted by Gasteiger charge is 2.18. The standard InChI is InChI=1S/C19H19N3O2S/c1-12(14-7-6-13-4-2-3-5-15(13)10-14)21-17(23)16-11-20-19-22(18(16)24)8-9-25-19/h6-12H,2-5H2,1H3,(H,21,23). The van der Waals surface area contributed by atoms with Gasteiger partial charge in [-0.1, -0.05) is 18.2 Å². The average Bonchev–Trinajstić information content (AvgIpc) is 3.11. The first kappa shape index (κ1) is 16.0. The van der Waals surface area contributed by atoms with E-state index in [9.17, 15) is 9.59 Å². The molecule has 1 aromatic carbocycles. The van der Waals surface area contributed by atoms with Crippen LogP contribution in [0.2, 0.25) is 0 Å². The summed E-state index contributed by atoms with van der Waals surface area (Å²) in [5, 5.41) is 4.71. The van der Waals surface area contributed by atoms with Crippen molar-refractivity contribution in [3.05, 3.63) is 68.6 Å². The summed E-state index contributed by atoms with van der Waals surface area (Å²) in [5.74, 6) is -0.386. The molecule has 5 nitrogen and oxygen atoms in total. The van der Waals surface area contributed by atoms with Gasteiger partial charge in [-0.05, 0) is 49.3 Å². The van der Waals surface area contributed by atoms with Crippen molar-refractivity contribution in [1.82, 2.24) is 14.7 Å². The predicted octanol–water partition coefficient (Wildman–Crippen LogP) is 3.13. The van der Waals surface area contributed by atoms with E-state index >= 15 is 0 Å². The fraction of sp³-hybridized carbons (Fsp3) is 0.316. The van der Waals surface area contributed by atoms with Crippen LogP contribution in [0.5, 0.6) is 0 Å². The van der Waals surface area contributed by atoms with Crippen LogP contribution in [0.4, 0.5) is 0 Å². The minimum absolute atomic E-state index is 0.0701. The number of carbonyl (C=O) groups excluding carboxylic acids is 1.